The number of amides is 2. The summed E-state index contributed by atoms with van der Waals surface area (Å²) in [7, 11) is 0. The van der Waals surface area contributed by atoms with Crippen molar-refractivity contribution in [2.45, 2.75) is 0 Å². The third-order valence-electron chi connectivity index (χ3n) is 0.935. The van der Waals surface area contributed by atoms with Crippen LogP contribution < -0.4 is 0 Å². The fourth-order valence-corrected chi connectivity index (χ4v) is 0.615. The van der Waals surface area contributed by atoms with Crippen LogP contribution in [0.3, 0.4) is 0 Å². The highest BCUT2D eigenvalue weighted by molar-refractivity contribution is 7.78. The van der Waals surface area contributed by atoms with Crippen LogP contribution in [0, 0.1) is 17.2 Å². The molecule has 0 saturated carbocycles. The first-order chi connectivity index (χ1) is 6.17. The lowest BCUT2D eigenvalue weighted by Gasteiger charge is -1.94. The molecule has 0 aliphatic rings. The topological polar surface area (TPSA) is 82.6 Å². The number of carbonyl (C=O) groups is 2. The molecule has 0 saturated heterocycles. The Morgan fingerprint density at radius 2 is 1.54 bits per heavy atom. The fourth-order valence-electron chi connectivity index (χ4n) is 0.435. The van der Waals surface area contributed by atoms with Crippen LogP contribution in [0.25, 0.3) is 0 Å². The van der Waals surface area contributed by atoms with Gasteiger partial charge in [-0.15, -0.1) is 0 Å². The van der Waals surface area contributed by atoms with Gasteiger partial charge in [-0.25, -0.2) is 0 Å². The Balaban J connectivity index is 4.83. The Morgan fingerprint density at radius 1 is 1.15 bits per heavy atom. The molecule has 2 amide bonds. The Hall–Kier alpha value is -1.57. The van der Waals surface area contributed by atoms with Gasteiger partial charge >= 0.3 is 0 Å². The van der Waals surface area contributed by atoms with Crippen molar-refractivity contribution < 1.29 is 9.59 Å². The van der Waals surface area contributed by atoms with E-state index < -0.39 is 17.7 Å². The van der Waals surface area contributed by atoms with Crippen LogP contribution in [-0.4, -0.2) is 22.1 Å². The van der Waals surface area contributed by atoms with Crippen molar-refractivity contribution >= 4 is 46.6 Å². The average Bonchev–Trinajstić information content (AvgIpc) is 2.06. The minimum absolute atomic E-state index is 1.00. The van der Waals surface area contributed by atoms with Crippen molar-refractivity contribution in [3.05, 3.63) is 0 Å². The van der Waals surface area contributed by atoms with Gasteiger partial charge in [0.2, 0.25) is 5.92 Å². The van der Waals surface area contributed by atoms with E-state index in [0.29, 0.717) is 0 Å². The molecule has 0 N–H and O–H groups in total. The standard InChI is InChI=1S/C6HN3O2S2/c7-1-4(5(10)8-2-12)6(11)9-3-13/h4H. The monoisotopic (exact) mass is 211 g/mol. The van der Waals surface area contributed by atoms with Crippen molar-refractivity contribution in [1.82, 2.24) is 0 Å². The van der Waals surface area contributed by atoms with Crippen LogP contribution in [0.5, 0.6) is 0 Å². The van der Waals surface area contributed by atoms with Crippen molar-refractivity contribution in [2.75, 3.05) is 0 Å². The summed E-state index contributed by atoms with van der Waals surface area (Å²) >= 11 is 8.24. The molecule has 0 aliphatic heterocycles. The zero-order valence-electron chi connectivity index (χ0n) is 6.05. The van der Waals surface area contributed by atoms with Crippen LogP contribution in [0.2, 0.25) is 0 Å². The van der Waals surface area contributed by atoms with Crippen LogP contribution in [0.4, 0.5) is 0 Å². The van der Waals surface area contributed by atoms with Gasteiger partial charge in [0.25, 0.3) is 11.8 Å². The molecule has 7 heteroatoms. The van der Waals surface area contributed by atoms with Gasteiger partial charge in [-0.3, -0.25) is 9.59 Å². The molecule has 0 radical (unpaired) electrons. The van der Waals surface area contributed by atoms with Gasteiger partial charge in [-0.1, -0.05) is 0 Å². The maximum absolute atomic E-state index is 10.8. The molecule has 0 aromatic heterocycles. The molecule has 0 aromatic carbocycles. The van der Waals surface area contributed by atoms with E-state index in [4.69, 9.17) is 5.26 Å². The number of thiocarbonyl (C=S) groups is 2. The lowest BCUT2D eigenvalue weighted by Crippen LogP contribution is -2.18. The van der Waals surface area contributed by atoms with E-state index in [0.717, 1.165) is 0 Å². The zero-order valence-corrected chi connectivity index (χ0v) is 7.68. The van der Waals surface area contributed by atoms with Crippen molar-refractivity contribution in [3.63, 3.8) is 0 Å². The van der Waals surface area contributed by atoms with Crippen LogP contribution in [0.15, 0.2) is 9.98 Å². The van der Waals surface area contributed by atoms with Gasteiger partial charge in [0.1, 0.15) is 0 Å². The number of nitrogens with zero attached hydrogens (tertiary/aromatic N) is 3. The molecule has 0 aromatic rings. The lowest BCUT2D eigenvalue weighted by molar-refractivity contribution is -0.128. The highest BCUT2D eigenvalue weighted by Gasteiger charge is 2.25. The number of carbonyl (C=O) groups excluding carboxylic acids is 2. The molecule has 5 nitrogen and oxygen atoms in total. The first-order valence-corrected chi connectivity index (χ1v) is 3.62. The van der Waals surface area contributed by atoms with Crippen LogP contribution in [0.1, 0.15) is 0 Å². The van der Waals surface area contributed by atoms with Gasteiger partial charge < -0.3 is 0 Å². The number of rotatable bonds is 2. The highest BCUT2D eigenvalue weighted by atomic mass is 32.1. The van der Waals surface area contributed by atoms with E-state index in [2.05, 4.69) is 34.4 Å². The highest BCUT2D eigenvalue weighted by Crippen LogP contribution is 2.00. The van der Waals surface area contributed by atoms with E-state index >= 15 is 0 Å². The first kappa shape index (κ1) is 11.4. The van der Waals surface area contributed by atoms with Gasteiger partial charge in [-0.2, -0.15) is 15.2 Å². The number of nitriles is 1. The fraction of sp³-hybridized carbons (Fsp3) is 0.167. The quantitative estimate of drug-likeness (QED) is 0.374. The molecule has 0 fully saturated rings. The predicted octanol–water partition coefficient (Wildman–Crippen LogP) is 0.385. The summed E-state index contributed by atoms with van der Waals surface area (Å²) in [5.74, 6) is -3.61. The Bertz CT molecular complexity index is 342. The predicted molar refractivity (Wildman–Crippen MR) is 49.2 cm³/mol. The molecule has 0 spiro atoms. The SMILES string of the molecule is N#CC(C(=O)N=C=S)C(=O)N=C=S. The maximum atomic E-state index is 10.8. The third kappa shape index (κ3) is 3.56. The minimum atomic E-state index is -1.61. The molecule has 64 valence electrons. The van der Waals surface area contributed by atoms with E-state index in [-0.39, 0.29) is 0 Å². The number of hydrogen-bond donors (Lipinski definition) is 0. The second-order valence-electron chi connectivity index (χ2n) is 1.64. The molecule has 0 heterocycles. The number of isothiocyanates is 2. The summed E-state index contributed by atoms with van der Waals surface area (Å²) < 4.78 is 0. The largest absolute Gasteiger partial charge is 0.281 e. The smallest absolute Gasteiger partial charge is 0.270 e. The van der Waals surface area contributed by atoms with Crippen molar-refractivity contribution in [1.29, 1.82) is 5.26 Å². The Kier molecular flexibility index (Phi) is 5.28. The Morgan fingerprint density at radius 3 is 1.77 bits per heavy atom. The van der Waals surface area contributed by atoms with Gasteiger partial charge in [0.15, 0.2) is 0 Å². The van der Waals surface area contributed by atoms with E-state index in [1.165, 1.54) is 6.07 Å². The molecule has 0 atom stereocenters. The normalized spacial score (nSPS) is 9.77. The second-order valence-corrected chi connectivity index (χ2v) is 2.01. The van der Waals surface area contributed by atoms with Crippen molar-refractivity contribution in [3.8, 4) is 6.07 Å². The average molecular weight is 211 g/mol. The lowest BCUT2D eigenvalue weighted by atomic mass is 10.1. The summed E-state index contributed by atoms with van der Waals surface area (Å²) in [6.45, 7) is 0. The van der Waals surface area contributed by atoms with Gasteiger partial charge in [0.05, 0.1) is 16.4 Å². The van der Waals surface area contributed by atoms with Crippen molar-refractivity contribution in [2.24, 2.45) is 15.9 Å². The molecule has 0 bridgehead atoms. The van der Waals surface area contributed by atoms with E-state index in [1.54, 1.807) is 10.3 Å². The van der Waals surface area contributed by atoms with Gasteiger partial charge in [-0.05, 0) is 24.4 Å². The molecule has 0 unspecified atom stereocenters. The second kappa shape index (κ2) is 6.00. The molecule has 0 aliphatic carbocycles. The molecular weight excluding hydrogens is 210 g/mol. The summed E-state index contributed by atoms with van der Waals surface area (Å²) in [6.07, 6.45) is 0. The van der Waals surface area contributed by atoms with E-state index in [1.807, 2.05) is 0 Å². The minimum Gasteiger partial charge on any atom is -0.270 e. The Labute approximate surface area is 83.8 Å². The van der Waals surface area contributed by atoms with Crippen LogP contribution in [-0.2, 0) is 9.59 Å². The molecule has 0 rings (SSSR count). The first-order valence-electron chi connectivity index (χ1n) is 2.80. The summed E-state index contributed by atoms with van der Waals surface area (Å²) in [5.41, 5.74) is 0. The zero-order chi connectivity index (χ0) is 10.3. The molecular formula is C6HN3O2S2. The summed E-state index contributed by atoms with van der Waals surface area (Å²) in [6, 6.07) is 1.41. The summed E-state index contributed by atoms with van der Waals surface area (Å²) in [4.78, 5) is 27.6. The summed E-state index contributed by atoms with van der Waals surface area (Å²) in [5, 5.41) is 11.9. The van der Waals surface area contributed by atoms with E-state index in [9.17, 15) is 9.59 Å². The molecule has 13 heavy (non-hydrogen) atoms. The van der Waals surface area contributed by atoms with Gasteiger partial charge in [0, 0.05) is 0 Å². The number of hydrogen-bond acceptors (Lipinski definition) is 5. The number of aliphatic imine (C=N–C) groups is 2. The van der Waals surface area contributed by atoms with Crippen LogP contribution >= 0.6 is 24.4 Å². The maximum Gasteiger partial charge on any atom is 0.281 e. The third-order valence-corrected chi connectivity index (χ3v) is 1.12.